The lowest BCUT2D eigenvalue weighted by atomic mass is 9.92. The van der Waals surface area contributed by atoms with Gasteiger partial charge in [-0.15, -0.1) is 6.58 Å². The smallest absolute Gasteiger partial charge is 0.310 e. The molecule has 7 heteroatoms. The highest BCUT2D eigenvalue weighted by Crippen LogP contribution is 2.37. The topological polar surface area (TPSA) is 56.1 Å². The Balaban J connectivity index is 1.78. The Morgan fingerprint density at radius 3 is 2.73 bits per heavy atom. The number of benzene rings is 1. The molecule has 3 aromatic rings. The van der Waals surface area contributed by atoms with Crippen LogP contribution in [0.2, 0.25) is 0 Å². The molecule has 1 fully saturated rings. The highest BCUT2D eigenvalue weighted by Gasteiger charge is 2.33. The summed E-state index contributed by atoms with van der Waals surface area (Å²) in [5, 5.41) is 4.87. The number of piperidine rings is 1. The molecule has 6 nitrogen and oxygen atoms in total. The van der Waals surface area contributed by atoms with Gasteiger partial charge in [-0.3, -0.25) is 4.79 Å². The van der Waals surface area contributed by atoms with E-state index in [1.807, 2.05) is 29.8 Å². The maximum atomic E-state index is 12.3. The molecule has 174 valence electrons. The molecule has 1 saturated heterocycles. The molecule has 0 aliphatic carbocycles. The lowest BCUT2D eigenvalue weighted by Gasteiger charge is -2.41. The Kier molecular flexibility index (Phi) is 6.91. The summed E-state index contributed by atoms with van der Waals surface area (Å²) in [7, 11) is 1.43. The van der Waals surface area contributed by atoms with Crippen LogP contribution in [0.5, 0.6) is 0 Å². The molecule has 0 amide bonds. The Bertz CT molecular complexity index is 1180. The summed E-state index contributed by atoms with van der Waals surface area (Å²) in [6.45, 7) is 10.2. The lowest BCUT2D eigenvalue weighted by Crippen LogP contribution is -2.45. The molecule has 2 aromatic heterocycles. The number of rotatable bonds is 7. The first-order valence-corrected chi connectivity index (χ1v) is 12.0. The van der Waals surface area contributed by atoms with E-state index in [2.05, 4.69) is 52.5 Å². The minimum Gasteiger partial charge on any atom is -0.469 e. The number of carbonyl (C=O) groups excluding carboxylic acids is 1. The summed E-state index contributed by atoms with van der Waals surface area (Å²) in [5.74, 6) is -0.244. The third-order valence-electron chi connectivity index (χ3n) is 6.41. The monoisotopic (exact) mass is 511 g/mol. The number of esters is 1. The van der Waals surface area contributed by atoms with Gasteiger partial charge in [0, 0.05) is 29.3 Å². The van der Waals surface area contributed by atoms with Crippen molar-refractivity contribution < 1.29 is 14.3 Å². The lowest BCUT2D eigenvalue weighted by molar-refractivity contribution is -0.139. The van der Waals surface area contributed by atoms with Gasteiger partial charge in [-0.25, -0.2) is 4.52 Å². The Morgan fingerprint density at radius 1 is 1.30 bits per heavy atom. The molecule has 0 atom stereocenters. The van der Waals surface area contributed by atoms with Crippen molar-refractivity contribution in [3.63, 3.8) is 0 Å². The maximum Gasteiger partial charge on any atom is 0.310 e. The fourth-order valence-corrected chi connectivity index (χ4v) is 4.86. The Morgan fingerprint density at radius 2 is 2.06 bits per heavy atom. The Labute approximate surface area is 203 Å². The number of fused-ring (bicyclic) bond motifs is 1. The molecule has 3 heterocycles. The standard InChI is InChI=1S/C26H30BrN3O3/c1-5-13-33-26(3)9-11-29(12-10-26)25-21(15-24(31)32-4)18(2)17-30-23(25)16-22(28-30)19-7-6-8-20(27)14-19/h5-8,14,16-17H,1,9-13,15H2,2-4H3. The van der Waals surface area contributed by atoms with Crippen molar-refractivity contribution in [3.05, 3.63) is 64.8 Å². The summed E-state index contributed by atoms with van der Waals surface area (Å²) in [5.41, 5.74) is 5.81. The van der Waals surface area contributed by atoms with Crippen molar-refractivity contribution in [2.75, 3.05) is 31.7 Å². The molecular weight excluding hydrogens is 482 g/mol. The van der Waals surface area contributed by atoms with Crippen LogP contribution < -0.4 is 4.90 Å². The molecule has 1 aromatic carbocycles. The zero-order chi connectivity index (χ0) is 23.6. The molecule has 1 aliphatic rings. The predicted octanol–water partition coefficient (Wildman–Crippen LogP) is 5.35. The number of ether oxygens (including phenoxy) is 2. The van der Waals surface area contributed by atoms with Crippen molar-refractivity contribution in [1.82, 2.24) is 9.61 Å². The second-order valence-electron chi connectivity index (χ2n) is 8.80. The molecule has 4 rings (SSSR count). The summed E-state index contributed by atoms with van der Waals surface area (Å²) in [6, 6.07) is 10.2. The van der Waals surface area contributed by atoms with E-state index < -0.39 is 0 Å². The van der Waals surface area contributed by atoms with Crippen molar-refractivity contribution in [3.8, 4) is 11.3 Å². The van der Waals surface area contributed by atoms with E-state index in [0.717, 1.165) is 64.0 Å². The van der Waals surface area contributed by atoms with Gasteiger partial charge < -0.3 is 14.4 Å². The van der Waals surface area contributed by atoms with Gasteiger partial charge in [-0.1, -0.05) is 34.1 Å². The van der Waals surface area contributed by atoms with Crippen molar-refractivity contribution >= 4 is 33.1 Å². The number of pyridine rings is 1. The van der Waals surface area contributed by atoms with Gasteiger partial charge in [-0.2, -0.15) is 5.10 Å². The van der Waals surface area contributed by atoms with Crippen molar-refractivity contribution in [2.45, 2.75) is 38.7 Å². The Hall–Kier alpha value is -2.64. The van der Waals surface area contributed by atoms with Crippen LogP contribution in [0, 0.1) is 6.92 Å². The fraction of sp³-hybridized carbons (Fsp3) is 0.385. The van der Waals surface area contributed by atoms with Gasteiger partial charge in [0.05, 0.1) is 42.6 Å². The van der Waals surface area contributed by atoms with Crippen LogP contribution in [0.3, 0.4) is 0 Å². The van der Waals surface area contributed by atoms with Crippen molar-refractivity contribution in [2.24, 2.45) is 0 Å². The SMILES string of the molecule is C=CCOC1(C)CCN(c2c(CC(=O)OC)c(C)cn3nc(-c4cccc(Br)c4)cc23)CC1. The zero-order valence-corrected chi connectivity index (χ0v) is 21.0. The molecule has 0 spiro atoms. The highest BCUT2D eigenvalue weighted by atomic mass is 79.9. The van der Waals surface area contributed by atoms with Crippen molar-refractivity contribution in [1.29, 1.82) is 0 Å². The second kappa shape index (κ2) is 9.69. The molecule has 33 heavy (non-hydrogen) atoms. The molecule has 0 radical (unpaired) electrons. The number of aryl methyl sites for hydroxylation is 1. The molecular formula is C26H30BrN3O3. The largest absolute Gasteiger partial charge is 0.469 e. The molecule has 0 bridgehead atoms. The van der Waals surface area contributed by atoms with Crippen LogP contribution in [0.4, 0.5) is 5.69 Å². The first kappa shape index (κ1) is 23.5. The molecule has 0 unspecified atom stereocenters. The summed E-state index contributed by atoms with van der Waals surface area (Å²) in [6.07, 6.45) is 5.81. The van der Waals surface area contributed by atoms with E-state index in [1.54, 1.807) is 6.08 Å². The number of aromatic nitrogens is 2. The van der Waals surface area contributed by atoms with Gasteiger partial charge in [-0.05, 0) is 56.0 Å². The van der Waals surface area contributed by atoms with Crippen LogP contribution >= 0.6 is 15.9 Å². The van der Waals surface area contributed by atoms with Crippen LogP contribution in [0.25, 0.3) is 16.8 Å². The van der Waals surface area contributed by atoms with E-state index in [-0.39, 0.29) is 18.0 Å². The van der Waals surface area contributed by atoms with Gasteiger partial charge in [0.2, 0.25) is 0 Å². The summed E-state index contributed by atoms with van der Waals surface area (Å²) < 4.78 is 14.0. The van der Waals surface area contributed by atoms with Gasteiger partial charge >= 0.3 is 5.97 Å². The third kappa shape index (κ3) is 4.99. The number of anilines is 1. The van der Waals surface area contributed by atoms with E-state index in [9.17, 15) is 4.79 Å². The quantitative estimate of drug-likeness (QED) is 0.316. The van der Waals surface area contributed by atoms with E-state index >= 15 is 0 Å². The number of methoxy groups -OCH3 is 1. The third-order valence-corrected chi connectivity index (χ3v) is 6.91. The second-order valence-corrected chi connectivity index (χ2v) is 9.71. The van der Waals surface area contributed by atoms with E-state index in [4.69, 9.17) is 14.6 Å². The van der Waals surface area contributed by atoms with Gasteiger partial charge in [0.1, 0.15) is 0 Å². The predicted molar refractivity (Wildman–Crippen MR) is 135 cm³/mol. The minimum atomic E-state index is -0.244. The highest BCUT2D eigenvalue weighted by molar-refractivity contribution is 9.10. The zero-order valence-electron chi connectivity index (χ0n) is 19.4. The first-order valence-electron chi connectivity index (χ1n) is 11.2. The van der Waals surface area contributed by atoms with Gasteiger partial charge in [0.25, 0.3) is 0 Å². The van der Waals surface area contributed by atoms with E-state index in [0.29, 0.717) is 6.61 Å². The average molecular weight is 512 g/mol. The molecule has 1 aliphatic heterocycles. The summed E-state index contributed by atoms with van der Waals surface area (Å²) in [4.78, 5) is 14.7. The van der Waals surface area contributed by atoms with Crippen LogP contribution in [0.15, 0.2) is 53.7 Å². The molecule has 0 N–H and O–H groups in total. The summed E-state index contributed by atoms with van der Waals surface area (Å²) >= 11 is 3.55. The molecule has 0 saturated carbocycles. The number of carbonyl (C=O) groups is 1. The first-order chi connectivity index (χ1) is 15.8. The van der Waals surface area contributed by atoms with Crippen LogP contribution in [0.1, 0.15) is 30.9 Å². The number of hydrogen-bond acceptors (Lipinski definition) is 5. The van der Waals surface area contributed by atoms with Crippen LogP contribution in [-0.2, 0) is 20.7 Å². The average Bonchev–Trinajstić information content (AvgIpc) is 3.22. The normalized spacial score (nSPS) is 15.6. The maximum absolute atomic E-state index is 12.3. The van der Waals surface area contributed by atoms with E-state index in [1.165, 1.54) is 7.11 Å². The number of nitrogens with zero attached hydrogens (tertiary/aromatic N) is 3. The number of hydrogen-bond donors (Lipinski definition) is 0. The number of halogens is 1. The van der Waals surface area contributed by atoms with Gasteiger partial charge in [0.15, 0.2) is 0 Å². The fourth-order valence-electron chi connectivity index (χ4n) is 4.46. The van der Waals surface area contributed by atoms with Crippen LogP contribution in [-0.4, -0.2) is 48.0 Å². The minimum absolute atomic E-state index is 0.172.